The molecule has 0 unspecified atom stereocenters. The first-order valence-corrected chi connectivity index (χ1v) is 4.79. The summed E-state index contributed by atoms with van der Waals surface area (Å²) in [4.78, 5) is 7.68. The van der Waals surface area contributed by atoms with E-state index in [4.69, 9.17) is 22.1 Å². The molecule has 0 spiro atoms. The molecular weight excluding hydrogens is 202 g/mol. The smallest absolute Gasteiger partial charge is 0.238 e. The predicted octanol–water partition coefficient (Wildman–Crippen LogP) is 2.28. The van der Waals surface area contributed by atoms with Crippen molar-refractivity contribution in [3.63, 3.8) is 0 Å². The van der Waals surface area contributed by atoms with E-state index in [1.807, 2.05) is 20.8 Å². The molecule has 5 heteroatoms. The van der Waals surface area contributed by atoms with Gasteiger partial charge in [0.2, 0.25) is 5.88 Å². The van der Waals surface area contributed by atoms with Crippen LogP contribution in [0.15, 0.2) is 6.33 Å². The van der Waals surface area contributed by atoms with Gasteiger partial charge in [0.15, 0.2) is 0 Å². The number of nitrogens with two attached hydrogens (primary N) is 1. The molecule has 0 aliphatic carbocycles. The number of nitrogen functional groups attached to an aromatic ring is 1. The molecule has 0 aromatic carbocycles. The zero-order valence-corrected chi connectivity index (χ0v) is 9.30. The minimum absolute atomic E-state index is 0.239. The molecule has 0 saturated heterocycles. The summed E-state index contributed by atoms with van der Waals surface area (Å²) >= 11 is 5.88. The highest BCUT2D eigenvalue weighted by Gasteiger charge is 2.20. The summed E-state index contributed by atoms with van der Waals surface area (Å²) in [6.45, 7) is 5.95. The zero-order valence-electron chi connectivity index (χ0n) is 8.54. The molecule has 0 aliphatic heterocycles. The fourth-order valence-corrected chi connectivity index (χ4v) is 0.908. The molecule has 0 bridgehead atoms. The Kier molecular flexibility index (Phi) is 3.16. The first-order valence-electron chi connectivity index (χ1n) is 4.41. The summed E-state index contributed by atoms with van der Waals surface area (Å²) in [5.41, 5.74) is 5.22. The van der Waals surface area contributed by atoms with Crippen LogP contribution in [0.25, 0.3) is 0 Å². The molecule has 0 radical (unpaired) electrons. The van der Waals surface area contributed by atoms with Gasteiger partial charge >= 0.3 is 0 Å². The summed E-state index contributed by atoms with van der Waals surface area (Å²) in [5.74, 6) is 0.578. The van der Waals surface area contributed by atoms with Crippen LogP contribution in [0.3, 0.4) is 0 Å². The second-order valence-electron chi connectivity index (χ2n) is 3.59. The third kappa shape index (κ3) is 2.48. The minimum Gasteiger partial charge on any atom is -0.470 e. The Morgan fingerprint density at radius 2 is 2.14 bits per heavy atom. The first-order chi connectivity index (χ1) is 6.46. The second kappa shape index (κ2) is 4.00. The van der Waals surface area contributed by atoms with Crippen LogP contribution < -0.4 is 10.5 Å². The Hall–Kier alpha value is -1.03. The fourth-order valence-electron chi connectivity index (χ4n) is 0.771. The monoisotopic (exact) mass is 215 g/mol. The molecule has 1 rings (SSSR count). The van der Waals surface area contributed by atoms with Gasteiger partial charge in [-0.15, -0.1) is 0 Å². The van der Waals surface area contributed by atoms with E-state index in [0.717, 1.165) is 6.42 Å². The van der Waals surface area contributed by atoms with Crippen LogP contribution in [0.4, 0.5) is 5.82 Å². The largest absolute Gasteiger partial charge is 0.470 e. The number of aromatic nitrogens is 2. The van der Waals surface area contributed by atoms with Crippen LogP contribution in [-0.2, 0) is 0 Å². The summed E-state index contributed by atoms with van der Waals surface area (Å²) in [6.07, 6.45) is 2.19. The van der Waals surface area contributed by atoms with Crippen LogP contribution in [0.5, 0.6) is 5.88 Å². The maximum Gasteiger partial charge on any atom is 0.238 e. The van der Waals surface area contributed by atoms with Gasteiger partial charge in [-0.2, -0.15) is 0 Å². The first kappa shape index (κ1) is 11.0. The highest BCUT2D eigenvalue weighted by atomic mass is 35.5. The van der Waals surface area contributed by atoms with Crippen molar-refractivity contribution < 1.29 is 4.74 Å². The van der Waals surface area contributed by atoms with Crippen LogP contribution in [0.1, 0.15) is 27.2 Å². The molecule has 0 fully saturated rings. The SMILES string of the molecule is CCC(C)(C)Oc1ncnc(N)c1Cl. The second-order valence-corrected chi connectivity index (χ2v) is 3.97. The van der Waals surface area contributed by atoms with E-state index in [1.54, 1.807) is 0 Å². The van der Waals surface area contributed by atoms with E-state index >= 15 is 0 Å². The van der Waals surface area contributed by atoms with Crippen molar-refractivity contribution in [3.8, 4) is 5.88 Å². The Balaban J connectivity index is 2.92. The van der Waals surface area contributed by atoms with Gasteiger partial charge in [-0.1, -0.05) is 18.5 Å². The van der Waals surface area contributed by atoms with E-state index in [0.29, 0.717) is 5.88 Å². The maximum atomic E-state index is 5.88. The highest BCUT2D eigenvalue weighted by molar-refractivity contribution is 6.33. The Bertz CT molecular complexity index is 328. The molecular formula is C9H14ClN3O. The van der Waals surface area contributed by atoms with Crippen LogP contribution >= 0.6 is 11.6 Å². The summed E-state index contributed by atoms with van der Waals surface area (Å²) in [5, 5.41) is 0.272. The highest BCUT2D eigenvalue weighted by Crippen LogP contribution is 2.29. The van der Waals surface area contributed by atoms with Crippen molar-refractivity contribution in [1.82, 2.24) is 9.97 Å². The van der Waals surface area contributed by atoms with Crippen molar-refractivity contribution in [2.24, 2.45) is 0 Å². The van der Waals surface area contributed by atoms with Gasteiger partial charge in [0, 0.05) is 0 Å². The van der Waals surface area contributed by atoms with E-state index in [9.17, 15) is 0 Å². The average Bonchev–Trinajstić information content (AvgIpc) is 2.13. The molecule has 0 aliphatic rings. The Morgan fingerprint density at radius 1 is 1.50 bits per heavy atom. The Labute approximate surface area is 88.5 Å². The van der Waals surface area contributed by atoms with Gasteiger partial charge in [0.05, 0.1) is 0 Å². The van der Waals surface area contributed by atoms with Gasteiger partial charge in [-0.05, 0) is 20.3 Å². The summed E-state index contributed by atoms with van der Waals surface area (Å²) < 4.78 is 5.60. The lowest BCUT2D eigenvalue weighted by atomic mass is 10.1. The molecule has 14 heavy (non-hydrogen) atoms. The topological polar surface area (TPSA) is 61.0 Å². The van der Waals surface area contributed by atoms with Crippen LogP contribution in [-0.4, -0.2) is 15.6 Å². The van der Waals surface area contributed by atoms with Crippen LogP contribution in [0.2, 0.25) is 5.02 Å². The molecule has 0 saturated carbocycles. The van der Waals surface area contributed by atoms with E-state index in [1.165, 1.54) is 6.33 Å². The number of rotatable bonds is 3. The van der Waals surface area contributed by atoms with E-state index in [2.05, 4.69) is 9.97 Å². The lowest BCUT2D eigenvalue weighted by Crippen LogP contribution is -2.27. The number of ether oxygens (including phenoxy) is 1. The number of halogens is 1. The molecule has 78 valence electrons. The predicted molar refractivity (Wildman–Crippen MR) is 56.5 cm³/mol. The standard InChI is InChI=1S/C9H14ClN3O/c1-4-9(2,3)14-8-6(10)7(11)12-5-13-8/h5H,4H2,1-3H3,(H2,11,12,13). The average molecular weight is 216 g/mol. The number of hydrogen-bond donors (Lipinski definition) is 1. The minimum atomic E-state index is -0.301. The van der Waals surface area contributed by atoms with E-state index < -0.39 is 0 Å². The van der Waals surface area contributed by atoms with Gasteiger partial charge in [0.25, 0.3) is 0 Å². The van der Waals surface area contributed by atoms with Gasteiger partial charge < -0.3 is 10.5 Å². The third-order valence-corrected chi connectivity index (χ3v) is 2.36. The molecule has 1 aromatic rings. The van der Waals surface area contributed by atoms with Crippen molar-refractivity contribution in [3.05, 3.63) is 11.3 Å². The van der Waals surface area contributed by atoms with Crippen LogP contribution in [0, 0.1) is 0 Å². The summed E-state index contributed by atoms with van der Waals surface area (Å²) in [6, 6.07) is 0. The Morgan fingerprint density at radius 3 is 2.71 bits per heavy atom. The molecule has 1 heterocycles. The quantitative estimate of drug-likeness (QED) is 0.841. The molecule has 0 amide bonds. The zero-order chi connectivity index (χ0) is 10.8. The van der Waals surface area contributed by atoms with Gasteiger partial charge in [-0.25, -0.2) is 9.97 Å². The maximum absolute atomic E-state index is 5.88. The lowest BCUT2D eigenvalue weighted by Gasteiger charge is -2.24. The van der Waals surface area contributed by atoms with Gasteiger partial charge in [0.1, 0.15) is 22.8 Å². The number of hydrogen-bond acceptors (Lipinski definition) is 4. The molecule has 0 atom stereocenters. The van der Waals surface area contributed by atoms with E-state index in [-0.39, 0.29) is 16.4 Å². The van der Waals surface area contributed by atoms with Crippen molar-refractivity contribution in [2.45, 2.75) is 32.8 Å². The number of anilines is 1. The van der Waals surface area contributed by atoms with Crippen molar-refractivity contribution in [1.29, 1.82) is 0 Å². The normalized spacial score (nSPS) is 11.4. The third-order valence-electron chi connectivity index (χ3n) is 2.01. The number of nitrogens with zero attached hydrogens (tertiary/aromatic N) is 2. The molecule has 2 N–H and O–H groups in total. The molecule has 4 nitrogen and oxygen atoms in total. The lowest BCUT2D eigenvalue weighted by molar-refractivity contribution is 0.0990. The summed E-state index contributed by atoms with van der Waals surface area (Å²) in [7, 11) is 0. The van der Waals surface area contributed by atoms with Crippen molar-refractivity contribution in [2.75, 3.05) is 5.73 Å². The molecule has 1 aromatic heterocycles. The van der Waals surface area contributed by atoms with Gasteiger partial charge in [-0.3, -0.25) is 0 Å². The van der Waals surface area contributed by atoms with Crippen molar-refractivity contribution >= 4 is 17.4 Å². The fraction of sp³-hybridized carbons (Fsp3) is 0.556.